The Morgan fingerprint density at radius 2 is 1.72 bits per heavy atom. The average Bonchev–Trinajstić information content (AvgIpc) is 3.20. The summed E-state index contributed by atoms with van der Waals surface area (Å²) in [5.41, 5.74) is 2.42. The van der Waals surface area contributed by atoms with E-state index >= 15 is 0 Å². The van der Waals surface area contributed by atoms with E-state index in [1.54, 1.807) is 17.0 Å². The summed E-state index contributed by atoms with van der Waals surface area (Å²) in [5, 5.41) is 0.637. The molecule has 174 valence electrons. The van der Waals surface area contributed by atoms with E-state index in [9.17, 15) is 13.2 Å². The number of carbonyl (C=O) groups excluding carboxylic acids is 1. The minimum atomic E-state index is -3.40. The number of carbonyl (C=O) groups is 1. The molecule has 1 heterocycles. The average molecular weight is 496 g/mol. The molecule has 2 aromatic carbocycles. The Balaban J connectivity index is 0.00000363. The van der Waals surface area contributed by atoms with E-state index < -0.39 is 9.84 Å². The number of hydrogen-bond donors (Lipinski definition) is 0. The molecule has 0 unspecified atom stereocenters. The van der Waals surface area contributed by atoms with Gasteiger partial charge in [-0.15, -0.1) is 12.4 Å². The van der Waals surface area contributed by atoms with Gasteiger partial charge in [0, 0.05) is 24.9 Å². The third kappa shape index (κ3) is 5.86. The van der Waals surface area contributed by atoms with Crippen molar-refractivity contribution in [1.82, 2.24) is 9.88 Å². The molecule has 0 aliphatic heterocycles. The summed E-state index contributed by atoms with van der Waals surface area (Å²) >= 11 is 1.49. The monoisotopic (exact) mass is 495 g/mol. The van der Waals surface area contributed by atoms with Crippen molar-refractivity contribution in [2.45, 2.75) is 32.1 Å². The second-order valence-electron chi connectivity index (χ2n) is 7.40. The third-order valence-electron chi connectivity index (χ3n) is 5.39. The third-order valence-corrected chi connectivity index (χ3v) is 7.55. The molecular formula is C23H30ClN3O3S2. The standard InChI is InChI=1S/C23H29N3O3S2.ClH/c1-5-17-10-9-13-20-21(17)24-23(30-20)26(15-14-25(6-2)7-3)22(27)18-11-8-12-19(16-18)31(4,28)29;/h8-13,16H,5-7,14-15H2,1-4H3;1H. The largest absolute Gasteiger partial charge is 0.302 e. The highest BCUT2D eigenvalue weighted by atomic mass is 35.5. The zero-order valence-corrected chi connectivity index (χ0v) is 21.3. The van der Waals surface area contributed by atoms with Gasteiger partial charge in [-0.2, -0.15) is 0 Å². The summed E-state index contributed by atoms with van der Waals surface area (Å²) in [7, 11) is -3.40. The summed E-state index contributed by atoms with van der Waals surface area (Å²) < 4.78 is 25.0. The number of likely N-dealkylation sites (N-methyl/N-ethyl adjacent to an activating group) is 1. The van der Waals surface area contributed by atoms with E-state index in [0.29, 0.717) is 23.8 Å². The van der Waals surface area contributed by atoms with Gasteiger partial charge in [0.2, 0.25) is 0 Å². The lowest BCUT2D eigenvalue weighted by Crippen LogP contribution is -2.39. The Labute approximate surface area is 200 Å². The smallest absolute Gasteiger partial charge is 0.260 e. The van der Waals surface area contributed by atoms with Gasteiger partial charge in [0.15, 0.2) is 15.0 Å². The number of sulfone groups is 1. The van der Waals surface area contributed by atoms with Crippen LogP contribution in [0.4, 0.5) is 5.13 Å². The summed E-state index contributed by atoms with van der Waals surface area (Å²) in [4.78, 5) is 22.4. The summed E-state index contributed by atoms with van der Waals surface area (Å²) in [6, 6.07) is 12.3. The Morgan fingerprint density at radius 1 is 1.03 bits per heavy atom. The Kier molecular flexibility index (Phi) is 9.21. The van der Waals surface area contributed by atoms with Crippen LogP contribution in [0.1, 0.15) is 36.7 Å². The summed E-state index contributed by atoms with van der Waals surface area (Å²) in [5.74, 6) is -0.241. The van der Waals surface area contributed by atoms with Gasteiger partial charge in [-0.1, -0.05) is 50.3 Å². The lowest BCUT2D eigenvalue weighted by Gasteiger charge is -2.25. The van der Waals surface area contributed by atoms with Crippen LogP contribution in [0.15, 0.2) is 47.4 Å². The number of nitrogens with zero attached hydrogens (tertiary/aromatic N) is 3. The normalized spacial score (nSPS) is 11.5. The van der Waals surface area contributed by atoms with Gasteiger partial charge in [-0.3, -0.25) is 9.69 Å². The van der Waals surface area contributed by atoms with Crippen molar-refractivity contribution in [2.24, 2.45) is 0 Å². The van der Waals surface area contributed by atoms with Crippen LogP contribution in [-0.4, -0.2) is 56.6 Å². The predicted octanol–water partition coefficient (Wildman–Crippen LogP) is 4.67. The molecule has 1 amide bonds. The maximum Gasteiger partial charge on any atom is 0.260 e. The van der Waals surface area contributed by atoms with Gasteiger partial charge in [0.05, 0.1) is 15.1 Å². The van der Waals surface area contributed by atoms with E-state index in [1.165, 1.54) is 23.5 Å². The van der Waals surface area contributed by atoms with Crippen LogP contribution in [0.5, 0.6) is 0 Å². The first kappa shape index (κ1) is 26.3. The molecule has 0 aliphatic rings. The lowest BCUT2D eigenvalue weighted by atomic mass is 10.1. The molecule has 0 N–H and O–H groups in total. The van der Waals surface area contributed by atoms with Gasteiger partial charge in [0.25, 0.3) is 5.91 Å². The van der Waals surface area contributed by atoms with Crippen LogP contribution in [0, 0.1) is 0 Å². The summed E-state index contributed by atoms with van der Waals surface area (Å²) in [6.07, 6.45) is 2.01. The Bertz CT molecular complexity index is 1170. The molecule has 9 heteroatoms. The fourth-order valence-electron chi connectivity index (χ4n) is 3.48. The van der Waals surface area contributed by atoms with E-state index in [4.69, 9.17) is 4.98 Å². The number of aromatic nitrogens is 1. The predicted molar refractivity (Wildman–Crippen MR) is 135 cm³/mol. The van der Waals surface area contributed by atoms with Crippen molar-refractivity contribution >= 4 is 54.8 Å². The van der Waals surface area contributed by atoms with Crippen LogP contribution < -0.4 is 4.90 Å². The molecular weight excluding hydrogens is 466 g/mol. The van der Waals surface area contributed by atoms with Crippen molar-refractivity contribution in [1.29, 1.82) is 0 Å². The number of halogens is 1. The number of para-hydroxylation sites is 1. The first-order chi connectivity index (χ1) is 14.8. The summed E-state index contributed by atoms with van der Waals surface area (Å²) in [6.45, 7) is 9.25. The molecule has 0 saturated carbocycles. The molecule has 0 fully saturated rings. The molecule has 32 heavy (non-hydrogen) atoms. The molecule has 1 aromatic heterocycles. The van der Waals surface area contributed by atoms with Crippen molar-refractivity contribution in [3.63, 3.8) is 0 Å². The second-order valence-corrected chi connectivity index (χ2v) is 10.4. The van der Waals surface area contributed by atoms with Crippen molar-refractivity contribution in [2.75, 3.05) is 37.3 Å². The number of anilines is 1. The maximum atomic E-state index is 13.5. The molecule has 3 aromatic rings. The molecule has 0 bridgehead atoms. The van der Waals surface area contributed by atoms with E-state index in [2.05, 4.69) is 31.7 Å². The minimum Gasteiger partial charge on any atom is -0.302 e. The van der Waals surface area contributed by atoms with Gasteiger partial charge >= 0.3 is 0 Å². The number of thiazole rings is 1. The number of hydrogen-bond acceptors (Lipinski definition) is 6. The van der Waals surface area contributed by atoms with Gasteiger partial charge in [-0.05, 0) is 49.3 Å². The van der Waals surface area contributed by atoms with Crippen LogP contribution in [0.25, 0.3) is 10.2 Å². The highest BCUT2D eigenvalue weighted by Gasteiger charge is 2.23. The molecule has 0 aliphatic carbocycles. The number of fused-ring (bicyclic) bond motifs is 1. The quantitative estimate of drug-likeness (QED) is 0.431. The van der Waals surface area contributed by atoms with Crippen molar-refractivity contribution < 1.29 is 13.2 Å². The number of benzene rings is 2. The Hall–Kier alpha value is -2.00. The van der Waals surface area contributed by atoms with Gasteiger partial charge in [-0.25, -0.2) is 13.4 Å². The fraction of sp³-hybridized carbons (Fsp3) is 0.391. The highest BCUT2D eigenvalue weighted by Crippen LogP contribution is 2.32. The molecule has 0 radical (unpaired) electrons. The second kappa shape index (κ2) is 11.2. The first-order valence-corrected chi connectivity index (χ1v) is 13.2. The SMILES string of the molecule is CCc1cccc2sc(N(CCN(CC)CC)C(=O)c3cccc(S(C)(=O)=O)c3)nc12.Cl. The molecule has 3 rings (SSSR count). The van der Waals surface area contributed by atoms with E-state index in [1.807, 2.05) is 12.1 Å². The van der Waals surface area contributed by atoms with Crippen LogP contribution in [0.2, 0.25) is 0 Å². The number of rotatable bonds is 9. The molecule has 0 saturated heterocycles. The molecule has 0 spiro atoms. The minimum absolute atomic E-state index is 0. The lowest BCUT2D eigenvalue weighted by molar-refractivity contribution is 0.0983. The van der Waals surface area contributed by atoms with Gasteiger partial charge < -0.3 is 4.90 Å². The molecule has 0 atom stereocenters. The highest BCUT2D eigenvalue weighted by molar-refractivity contribution is 7.90. The first-order valence-electron chi connectivity index (χ1n) is 10.5. The number of aryl methyl sites for hydroxylation is 1. The van der Waals surface area contributed by atoms with Crippen LogP contribution >= 0.6 is 23.7 Å². The van der Waals surface area contributed by atoms with E-state index in [-0.39, 0.29) is 23.2 Å². The fourth-order valence-corrected chi connectivity index (χ4v) is 5.18. The van der Waals surface area contributed by atoms with Crippen LogP contribution in [0.3, 0.4) is 0 Å². The van der Waals surface area contributed by atoms with Crippen LogP contribution in [-0.2, 0) is 16.3 Å². The molecule has 6 nitrogen and oxygen atoms in total. The zero-order valence-electron chi connectivity index (χ0n) is 18.9. The van der Waals surface area contributed by atoms with E-state index in [0.717, 1.165) is 41.5 Å². The van der Waals surface area contributed by atoms with Gasteiger partial charge in [0.1, 0.15) is 0 Å². The van der Waals surface area contributed by atoms with Crippen molar-refractivity contribution in [3.8, 4) is 0 Å². The number of amides is 1. The van der Waals surface area contributed by atoms with Crippen molar-refractivity contribution in [3.05, 3.63) is 53.6 Å². The zero-order chi connectivity index (χ0) is 22.6. The maximum absolute atomic E-state index is 13.5. The Morgan fingerprint density at radius 3 is 2.34 bits per heavy atom. The topological polar surface area (TPSA) is 70.6 Å².